The molecule has 1 unspecified atom stereocenters. The summed E-state index contributed by atoms with van der Waals surface area (Å²) in [6, 6.07) is 8.16. The van der Waals surface area contributed by atoms with E-state index in [4.69, 9.17) is 0 Å². The number of anilines is 1. The lowest BCUT2D eigenvalue weighted by Crippen LogP contribution is -2.22. The van der Waals surface area contributed by atoms with Crippen LogP contribution in [0.15, 0.2) is 24.3 Å². The molecule has 2 nitrogen and oxygen atoms in total. The van der Waals surface area contributed by atoms with Crippen LogP contribution in [0.3, 0.4) is 0 Å². The quantitative estimate of drug-likeness (QED) is 0.747. The molecule has 0 saturated heterocycles. The van der Waals surface area contributed by atoms with Gasteiger partial charge in [0.25, 0.3) is 0 Å². The van der Waals surface area contributed by atoms with Gasteiger partial charge < -0.3 is 5.32 Å². The van der Waals surface area contributed by atoms with Crippen LogP contribution in [-0.2, 0) is 10.5 Å². The Bertz CT molecular complexity index is 375. The minimum Gasteiger partial charge on any atom is -0.326 e. The Morgan fingerprint density at radius 3 is 2.47 bits per heavy atom. The first kappa shape index (κ1) is 16.1. The molecule has 0 aliphatic heterocycles. The molecule has 106 valence electrons. The number of unbranched alkanes of at least 4 members (excludes halogenated alkanes) is 1. The van der Waals surface area contributed by atoms with E-state index in [0.29, 0.717) is 0 Å². The highest BCUT2D eigenvalue weighted by molar-refractivity contribution is 7.97. The van der Waals surface area contributed by atoms with Crippen LogP contribution in [-0.4, -0.2) is 12.2 Å². The van der Waals surface area contributed by atoms with Crippen molar-refractivity contribution in [2.75, 3.05) is 11.6 Å². The summed E-state index contributed by atoms with van der Waals surface area (Å²) in [5.41, 5.74) is 2.20. The Hall–Kier alpha value is -0.960. The van der Waals surface area contributed by atoms with Crippen molar-refractivity contribution in [1.82, 2.24) is 0 Å². The second-order valence-electron chi connectivity index (χ2n) is 4.87. The summed E-state index contributed by atoms with van der Waals surface area (Å²) in [4.78, 5) is 12.1. The Morgan fingerprint density at radius 2 is 1.95 bits per heavy atom. The Morgan fingerprint density at radius 1 is 1.26 bits per heavy atom. The molecule has 1 rings (SSSR count). The van der Waals surface area contributed by atoms with Gasteiger partial charge in [-0.1, -0.05) is 38.8 Å². The molecule has 0 saturated carbocycles. The minimum absolute atomic E-state index is 0.144. The topological polar surface area (TPSA) is 29.1 Å². The third kappa shape index (κ3) is 5.68. The molecular weight excluding hydrogens is 254 g/mol. The first-order valence-corrected chi connectivity index (χ1v) is 8.49. The molecule has 1 amide bonds. The standard InChI is InChI=1S/C16H25NOS/c1-4-6-7-14(5-2)16(18)17-15-10-8-13(9-11-15)12-19-3/h8-11,14H,4-7,12H2,1-3H3,(H,17,18). The third-order valence-corrected chi connectivity index (χ3v) is 3.92. The van der Waals surface area contributed by atoms with E-state index in [0.717, 1.165) is 37.1 Å². The number of carbonyl (C=O) groups excluding carboxylic acids is 1. The van der Waals surface area contributed by atoms with Crippen molar-refractivity contribution in [3.63, 3.8) is 0 Å². The summed E-state index contributed by atoms with van der Waals surface area (Å²) in [5.74, 6) is 1.32. The number of hydrogen-bond acceptors (Lipinski definition) is 2. The molecular formula is C16H25NOS. The van der Waals surface area contributed by atoms with Gasteiger partial charge in [0.05, 0.1) is 0 Å². The van der Waals surface area contributed by atoms with Crippen molar-refractivity contribution in [3.8, 4) is 0 Å². The fourth-order valence-electron chi connectivity index (χ4n) is 2.07. The lowest BCUT2D eigenvalue weighted by molar-refractivity contribution is -0.120. The number of nitrogens with one attached hydrogen (secondary N) is 1. The van der Waals surface area contributed by atoms with Crippen LogP contribution in [0, 0.1) is 5.92 Å². The number of thioether (sulfide) groups is 1. The second-order valence-corrected chi connectivity index (χ2v) is 5.73. The van der Waals surface area contributed by atoms with Crippen molar-refractivity contribution >= 4 is 23.4 Å². The molecule has 0 heterocycles. The molecule has 0 aromatic heterocycles. The highest BCUT2D eigenvalue weighted by Crippen LogP contribution is 2.17. The van der Waals surface area contributed by atoms with Gasteiger partial charge in [-0.25, -0.2) is 0 Å². The highest BCUT2D eigenvalue weighted by atomic mass is 32.2. The van der Waals surface area contributed by atoms with E-state index >= 15 is 0 Å². The third-order valence-electron chi connectivity index (χ3n) is 3.30. The first-order chi connectivity index (χ1) is 9.21. The lowest BCUT2D eigenvalue weighted by Gasteiger charge is -2.14. The van der Waals surface area contributed by atoms with E-state index in [2.05, 4.69) is 37.6 Å². The molecule has 0 radical (unpaired) electrons. The van der Waals surface area contributed by atoms with Crippen molar-refractivity contribution in [1.29, 1.82) is 0 Å². The monoisotopic (exact) mass is 279 g/mol. The van der Waals surface area contributed by atoms with Gasteiger partial charge in [-0.15, -0.1) is 0 Å². The average molecular weight is 279 g/mol. The maximum absolute atomic E-state index is 12.1. The number of rotatable bonds is 8. The lowest BCUT2D eigenvalue weighted by atomic mass is 9.98. The summed E-state index contributed by atoms with van der Waals surface area (Å²) >= 11 is 1.80. The van der Waals surface area contributed by atoms with Gasteiger partial charge in [-0.2, -0.15) is 11.8 Å². The Balaban J connectivity index is 2.54. The molecule has 0 fully saturated rings. The fourth-order valence-corrected chi connectivity index (χ4v) is 2.59. The van der Waals surface area contributed by atoms with E-state index in [1.165, 1.54) is 5.56 Å². The van der Waals surface area contributed by atoms with E-state index in [-0.39, 0.29) is 11.8 Å². The Kier molecular flexibility index (Phi) is 7.65. The smallest absolute Gasteiger partial charge is 0.227 e. The maximum atomic E-state index is 12.1. The van der Waals surface area contributed by atoms with Crippen molar-refractivity contribution in [2.45, 2.75) is 45.3 Å². The SMILES string of the molecule is CCCCC(CC)C(=O)Nc1ccc(CSC)cc1. The largest absolute Gasteiger partial charge is 0.326 e. The number of benzene rings is 1. The normalized spacial score (nSPS) is 12.2. The molecule has 0 spiro atoms. The molecule has 1 aromatic rings. The molecule has 3 heteroatoms. The van der Waals surface area contributed by atoms with E-state index in [9.17, 15) is 4.79 Å². The van der Waals surface area contributed by atoms with Crippen LogP contribution in [0.25, 0.3) is 0 Å². The molecule has 0 aliphatic rings. The number of carbonyl (C=O) groups is 1. The molecule has 19 heavy (non-hydrogen) atoms. The molecule has 0 bridgehead atoms. The van der Waals surface area contributed by atoms with Gasteiger partial charge in [0, 0.05) is 17.4 Å². The molecule has 0 aliphatic carbocycles. The van der Waals surface area contributed by atoms with Crippen LogP contribution in [0.4, 0.5) is 5.69 Å². The van der Waals surface area contributed by atoms with Crippen LogP contribution >= 0.6 is 11.8 Å². The van der Waals surface area contributed by atoms with Gasteiger partial charge in [0.15, 0.2) is 0 Å². The van der Waals surface area contributed by atoms with Crippen LogP contribution in [0.1, 0.15) is 45.1 Å². The van der Waals surface area contributed by atoms with E-state index in [1.807, 2.05) is 12.1 Å². The number of amides is 1. The van der Waals surface area contributed by atoms with Crippen molar-refractivity contribution in [3.05, 3.63) is 29.8 Å². The second kappa shape index (κ2) is 9.03. The van der Waals surface area contributed by atoms with E-state index in [1.54, 1.807) is 11.8 Å². The maximum Gasteiger partial charge on any atom is 0.227 e. The molecule has 1 aromatic carbocycles. The van der Waals surface area contributed by atoms with E-state index < -0.39 is 0 Å². The van der Waals surface area contributed by atoms with Gasteiger partial charge >= 0.3 is 0 Å². The van der Waals surface area contributed by atoms with Gasteiger partial charge in [0.2, 0.25) is 5.91 Å². The summed E-state index contributed by atoms with van der Waals surface area (Å²) < 4.78 is 0. The van der Waals surface area contributed by atoms with Crippen LogP contribution in [0.5, 0.6) is 0 Å². The van der Waals surface area contributed by atoms with Gasteiger partial charge in [-0.3, -0.25) is 4.79 Å². The minimum atomic E-state index is 0.144. The summed E-state index contributed by atoms with van der Waals surface area (Å²) in [7, 11) is 0. The summed E-state index contributed by atoms with van der Waals surface area (Å²) in [6.07, 6.45) is 6.26. The average Bonchev–Trinajstić information content (AvgIpc) is 2.42. The zero-order valence-corrected chi connectivity index (χ0v) is 13.1. The summed E-state index contributed by atoms with van der Waals surface area (Å²) in [5, 5.41) is 3.03. The highest BCUT2D eigenvalue weighted by Gasteiger charge is 2.15. The van der Waals surface area contributed by atoms with Gasteiger partial charge in [0.1, 0.15) is 0 Å². The zero-order chi connectivity index (χ0) is 14.1. The number of hydrogen-bond donors (Lipinski definition) is 1. The van der Waals surface area contributed by atoms with Gasteiger partial charge in [-0.05, 0) is 36.8 Å². The van der Waals surface area contributed by atoms with Crippen LogP contribution < -0.4 is 5.32 Å². The van der Waals surface area contributed by atoms with Crippen molar-refractivity contribution < 1.29 is 4.79 Å². The predicted octanol–water partition coefficient (Wildman–Crippen LogP) is 4.70. The first-order valence-electron chi connectivity index (χ1n) is 7.10. The molecule has 1 N–H and O–H groups in total. The fraction of sp³-hybridized carbons (Fsp3) is 0.562. The van der Waals surface area contributed by atoms with Crippen molar-refractivity contribution in [2.24, 2.45) is 5.92 Å². The molecule has 1 atom stereocenters. The predicted molar refractivity (Wildman–Crippen MR) is 85.6 cm³/mol. The summed E-state index contributed by atoms with van der Waals surface area (Å²) in [6.45, 7) is 4.25. The zero-order valence-electron chi connectivity index (χ0n) is 12.2. The Labute approximate surface area is 121 Å². The van der Waals surface area contributed by atoms with Crippen LogP contribution in [0.2, 0.25) is 0 Å².